The highest BCUT2D eigenvalue weighted by Gasteiger charge is 2.25. The lowest BCUT2D eigenvalue weighted by Crippen LogP contribution is -2.25. The molecule has 0 aliphatic carbocycles. The average Bonchev–Trinajstić information content (AvgIpc) is 3.12. The van der Waals surface area contributed by atoms with Gasteiger partial charge in [-0.25, -0.2) is 23.7 Å². The molecule has 0 spiro atoms. The fraction of sp³-hybridized carbons (Fsp3) is 0.148. The molecule has 0 aliphatic rings. The zero-order valence-corrected chi connectivity index (χ0v) is 19.6. The van der Waals surface area contributed by atoms with Gasteiger partial charge < -0.3 is 10.5 Å². The monoisotopic (exact) mass is 469 g/mol. The summed E-state index contributed by atoms with van der Waals surface area (Å²) < 4.78 is 22.3. The summed E-state index contributed by atoms with van der Waals surface area (Å²) in [4.78, 5) is 22.4. The Morgan fingerprint density at radius 3 is 2.34 bits per heavy atom. The molecule has 2 N–H and O–H groups in total. The molecule has 2 heterocycles. The molecule has 0 saturated carbocycles. The highest BCUT2D eigenvalue weighted by molar-refractivity contribution is 5.85. The molecule has 5 aromatic rings. The van der Waals surface area contributed by atoms with Crippen molar-refractivity contribution in [3.05, 3.63) is 101 Å². The summed E-state index contributed by atoms with van der Waals surface area (Å²) in [5.41, 5.74) is 8.85. The number of imidazole rings is 1. The summed E-state index contributed by atoms with van der Waals surface area (Å²) in [6.45, 7) is 6.28. The minimum absolute atomic E-state index is 0.194. The Kier molecular flexibility index (Phi) is 5.36. The van der Waals surface area contributed by atoms with Crippen LogP contribution >= 0.6 is 0 Å². The summed E-state index contributed by atoms with van der Waals surface area (Å²) in [6.07, 6.45) is 1.35. The van der Waals surface area contributed by atoms with Gasteiger partial charge >= 0.3 is 5.69 Å². The minimum atomic E-state index is -0.385. The second kappa shape index (κ2) is 8.39. The molecule has 0 fully saturated rings. The second-order valence-electron chi connectivity index (χ2n) is 9.21. The maximum Gasteiger partial charge on any atom is 0.339 e. The van der Waals surface area contributed by atoms with E-state index in [0.717, 1.165) is 11.3 Å². The molecule has 8 heteroatoms. The molecule has 2 aromatic heterocycles. The SMILES string of the molecule is CC(C)(C)c1ccccc1-n1c(=O)n(-c2ccc(Oc3cccc(F)c3)cc2)c2c(N)ncnc21. The fourth-order valence-corrected chi connectivity index (χ4v) is 4.14. The van der Waals surface area contributed by atoms with Crippen LogP contribution in [-0.4, -0.2) is 19.1 Å². The molecule has 0 aliphatic heterocycles. The first-order valence-corrected chi connectivity index (χ1v) is 11.1. The van der Waals surface area contributed by atoms with Crippen molar-refractivity contribution >= 4 is 17.0 Å². The first-order chi connectivity index (χ1) is 16.7. The zero-order valence-electron chi connectivity index (χ0n) is 19.6. The smallest absolute Gasteiger partial charge is 0.339 e. The Morgan fingerprint density at radius 2 is 1.63 bits per heavy atom. The first kappa shape index (κ1) is 22.3. The van der Waals surface area contributed by atoms with Crippen LogP contribution in [0, 0.1) is 5.82 Å². The molecule has 0 radical (unpaired) electrons. The van der Waals surface area contributed by atoms with Gasteiger partial charge in [0, 0.05) is 6.07 Å². The van der Waals surface area contributed by atoms with Crippen molar-refractivity contribution in [1.29, 1.82) is 0 Å². The van der Waals surface area contributed by atoms with Crippen LogP contribution in [0.25, 0.3) is 22.5 Å². The second-order valence-corrected chi connectivity index (χ2v) is 9.21. The molecular formula is C27H24FN5O2. The predicted octanol–water partition coefficient (Wildman–Crippen LogP) is 5.38. The third-order valence-corrected chi connectivity index (χ3v) is 5.73. The molecule has 35 heavy (non-hydrogen) atoms. The van der Waals surface area contributed by atoms with Gasteiger partial charge in [0.25, 0.3) is 0 Å². The summed E-state index contributed by atoms with van der Waals surface area (Å²) in [6, 6.07) is 20.5. The molecule has 5 rings (SSSR count). The Labute approximate surface area is 201 Å². The Morgan fingerprint density at radius 1 is 0.886 bits per heavy atom. The van der Waals surface area contributed by atoms with Crippen molar-refractivity contribution in [1.82, 2.24) is 19.1 Å². The number of nitrogen functional groups attached to an aromatic ring is 1. The summed E-state index contributed by atoms with van der Waals surface area (Å²) >= 11 is 0. The van der Waals surface area contributed by atoms with Gasteiger partial charge in [-0.05, 0) is 53.4 Å². The van der Waals surface area contributed by atoms with Gasteiger partial charge in [0.2, 0.25) is 0 Å². The topological polar surface area (TPSA) is 88.0 Å². The zero-order chi connectivity index (χ0) is 24.7. The van der Waals surface area contributed by atoms with Crippen LogP contribution in [0.2, 0.25) is 0 Å². The number of nitrogens with zero attached hydrogens (tertiary/aromatic N) is 4. The molecule has 176 valence electrons. The molecule has 0 saturated heterocycles. The predicted molar refractivity (Wildman–Crippen MR) is 134 cm³/mol. The van der Waals surface area contributed by atoms with Crippen LogP contribution in [-0.2, 0) is 5.41 Å². The van der Waals surface area contributed by atoms with Gasteiger partial charge in [0.05, 0.1) is 11.4 Å². The maximum atomic E-state index is 13.9. The molecule has 0 atom stereocenters. The van der Waals surface area contributed by atoms with E-state index in [2.05, 4.69) is 30.7 Å². The van der Waals surface area contributed by atoms with Crippen LogP contribution in [0.15, 0.2) is 83.9 Å². The highest BCUT2D eigenvalue weighted by atomic mass is 19.1. The van der Waals surface area contributed by atoms with Crippen LogP contribution in [0.5, 0.6) is 11.5 Å². The quantitative estimate of drug-likeness (QED) is 0.382. The minimum Gasteiger partial charge on any atom is -0.457 e. The van der Waals surface area contributed by atoms with E-state index in [1.54, 1.807) is 41.0 Å². The van der Waals surface area contributed by atoms with Crippen molar-refractivity contribution in [2.75, 3.05) is 5.73 Å². The standard InChI is InChI=1S/C27H24FN5O2/c1-27(2,3)21-9-4-5-10-22(21)33-25-23(24(29)30-16-31-25)32(26(33)34)18-11-13-19(14-12-18)35-20-8-6-7-17(28)15-20/h4-16H,1-3H3,(H2,29,30,31). The first-order valence-electron chi connectivity index (χ1n) is 11.1. The molecule has 3 aromatic carbocycles. The Hall–Kier alpha value is -4.46. The molecule has 0 bridgehead atoms. The number of nitrogens with two attached hydrogens (primary N) is 1. The van der Waals surface area contributed by atoms with Crippen LogP contribution in [0.4, 0.5) is 10.2 Å². The lowest BCUT2D eigenvalue weighted by atomic mass is 9.86. The van der Waals surface area contributed by atoms with Crippen molar-refractivity contribution in [2.24, 2.45) is 0 Å². The summed E-state index contributed by atoms with van der Waals surface area (Å²) in [5, 5.41) is 0. The maximum absolute atomic E-state index is 13.9. The van der Waals surface area contributed by atoms with Crippen LogP contribution in [0.3, 0.4) is 0 Å². The van der Waals surface area contributed by atoms with Gasteiger partial charge in [0.15, 0.2) is 11.5 Å². The van der Waals surface area contributed by atoms with Gasteiger partial charge in [-0.2, -0.15) is 0 Å². The molecular weight excluding hydrogens is 445 g/mol. The number of ether oxygens (including phenoxy) is 1. The van der Waals surface area contributed by atoms with E-state index in [9.17, 15) is 9.18 Å². The molecule has 7 nitrogen and oxygen atoms in total. The van der Waals surface area contributed by atoms with E-state index in [1.165, 1.54) is 23.0 Å². The molecule has 0 amide bonds. The van der Waals surface area contributed by atoms with Gasteiger partial charge in [-0.15, -0.1) is 0 Å². The van der Waals surface area contributed by atoms with E-state index in [4.69, 9.17) is 10.5 Å². The number of fused-ring (bicyclic) bond motifs is 1. The Bertz CT molecular complexity index is 1600. The fourth-order valence-electron chi connectivity index (χ4n) is 4.14. The van der Waals surface area contributed by atoms with E-state index in [1.807, 2.05) is 24.3 Å². The van der Waals surface area contributed by atoms with Crippen molar-refractivity contribution in [3.63, 3.8) is 0 Å². The van der Waals surface area contributed by atoms with E-state index in [0.29, 0.717) is 28.4 Å². The van der Waals surface area contributed by atoms with Gasteiger partial charge in [-0.1, -0.05) is 45.0 Å². The third-order valence-electron chi connectivity index (χ3n) is 5.73. The van der Waals surface area contributed by atoms with Gasteiger partial charge in [-0.3, -0.25) is 4.57 Å². The number of aromatic nitrogens is 4. The van der Waals surface area contributed by atoms with E-state index >= 15 is 0 Å². The summed E-state index contributed by atoms with van der Waals surface area (Å²) in [5.74, 6) is 0.685. The van der Waals surface area contributed by atoms with E-state index in [-0.39, 0.29) is 22.7 Å². The van der Waals surface area contributed by atoms with Crippen molar-refractivity contribution in [3.8, 4) is 22.9 Å². The summed E-state index contributed by atoms with van der Waals surface area (Å²) in [7, 11) is 0. The number of halogens is 1. The van der Waals surface area contributed by atoms with Crippen molar-refractivity contribution in [2.45, 2.75) is 26.2 Å². The average molecular weight is 470 g/mol. The Balaban J connectivity index is 1.67. The number of rotatable bonds is 4. The normalized spacial score (nSPS) is 11.7. The number of hydrogen-bond donors (Lipinski definition) is 1. The third kappa shape index (κ3) is 4.03. The largest absolute Gasteiger partial charge is 0.457 e. The number of anilines is 1. The lowest BCUT2D eigenvalue weighted by Gasteiger charge is -2.22. The number of hydrogen-bond acceptors (Lipinski definition) is 5. The van der Waals surface area contributed by atoms with Crippen LogP contribution in [0.1, 0.15) is 26.3 Å². The van der Waals surface area contributed by atoms with E-state index < -0.39 is 0 Å². The molecule has 0 unspecified atom stereocenters. The highest BCUT2D eigenvalue weighted by Crippen LogP contribution is 2.31. The number of benzene rings is 3. The van der Waals surface area contributed by atoms with Crippen LogP contribution < -0.4 is 16.2 Å². The van der Waals surface area contributed by atoms with Gasteiger partial charge in [0.1, 0.15) is 29.2 Å². The number of para-hydroxylation sites is 1. The lowest BCUT2D eigenvalue weighted by molar-refractivity contribution is 0.476. The van der Waals surface area contributed by atoms with Crippen molar-refractivity contribution < 1.29 is 9.13 Å².